The molecule has 0 radical (unpaired) electrons. The first-order valence-corrected chi connectivity index (χ1v) is 6.16. The van der Waals surface area contributed by atoms with Crippen molar-refractivity contribution in [3.05, 3.63) is 29.8 Å². The van der Waals surface area contributed by atoms with Gasteiger partial charge in [0.2, 0.25) is 5.91 Å². The van der Waals surface area contributed by atoms with Gasteiger partial charge in [-0.25, -0.2) is 0 Å². The van der Waals surface area contributed by atoms with Gasteiger partial charge in [0.15, 0.2) is 0 Å². The van der Waals surface area contributed by atoms with Crippen molar-refractivity contribution in [3.8, 4) is 0 Å². The van der Waals surface area contributed by atoms with Crippen LogP contribution in [0.1, 0.15) is 25.8 Å². The summed E-state index contributed by atoms with van der Waals surface area (Å²) in [5, 5.41) is 2.89. The van der Waals surface area contributed by atoms with E-state index >= 15 is 0 Å². The van der Waals surface area contributed by atoms with Gasteiger partial charge in [-0.15, -0.1) is 11.6 Å². The summed E-state index contributed by atoms with van der Waals surface area (Å²) in [5.41, 5.74) is 2.04. The molecule has 0 fully saturated rings. The largest absolute Gasteiger partial charge is 0.326 e. The van der Waals surface area contributed by atoms with E-state index in [0.717, 1.165) is 18.5 Å². The number of amides is 1. The minimum atomic E-state index is 0.0579. The van der Waals surface area contributed by atoms with Gasteiger partial charge in [0.1, 0.15) is 0 Å². The van der Waals surface area contributed by atoms with E-state index in [2.05, 4.69) is 5.32 Å². The van der Waals surface area contributed by atoms with Gasteiger partial charge >= 0.3 is 0 Å². The zero-order valence-electron chi connectivity index (χ0n) is 9.79. The molecule has 1 aromatic rings. The van der Waals surface area contributed by atoms with E-state index in [1.54, 1.807) is 0 Å². The summed E-state index contributed by atoms with van der Waals surface area (Å²) in [5.74, 6) is 0.758. The fourth-order valence-corrected chi connectivity index (χ4v) is 1.53. The predicted molar refractivity (Wildman–Crippen MR) is 69.0 cm³/mol. The Kier molecular flexibility index (Phi) is 5.33. The van der Waals surface area contributed by atoms with E-state index in [1.807, 2.05) is 38.1 Å². The van der Waals surface area contributed by atoms with E-state index in [4.69, 9.17) is 11.6 Å². The maximum atomic E-state index is 11.6. The number of anilines is 1. The zero-order chi connectivity index (χ0) is 12.0. The summed E-state index contributed by atoms with van der Waals surface area (Å²) >= 11 is 5.65. The molecule has 1 unspecified atom stereocenters. The van der Waals surface area contributed by atoms with Gasteiger partial charge < -0.3 is 5.32 Å². The average Bonchev–Trinajstić information content (AvgIpc) is 2.31. The molecule has 1 N–H and O–H groups in total. The van der Waals surface area contributed by atoms with Gasteiger partial charge in [0.05, 0.1) is 0 Å². The smallest absolute Gasteiger partial charge is 0.227 e. The normalized spacial score (nSPS) is 12.2. The number of benzene rings is 1. The van der Waals surface area contributed by atoms with Crippen molar-refractivity contribution in [1.29, 1.82) is 0 Å². The number of nitrogens with one attached hydrogen (secondary N) is 1. The summed E-state index contributed by atoms with van der Waals surface area (Å²) in [7, 11) is 0. The van der Waals surface area contributed by atoms with Crippen molar-refractivity contribution >= 4 is 23.2 Å². The van der Waals surface area contributed by atoms with Crippen LogP contribution in [0.15, 0.2) is 24.3 Å². The summed E-state index contributed by atoms with van der Waals surface area (Å²) in [6.07, 6.45) is 1.72. The Bertz CT molecular complexity index is 334. The van der Waals surface area contributed by atoms with Crippen LogP contribution < -0.4 is 5.32 Å². The number of hydrogen-bond acceptors (Lipinski definition) is 1. The number of aryl methyl sites for hydroxylation is 1. The molecule has 0 spiro atoms. The second kappa shape index (κ2) is 6.54. The molecular weight excluding hydrogens is 222 g/mol. The lowest BCUT2D eigenvalue weighted by Gasteiger charge is -2.10. The fraction of sp³-hybridized carbons (Fsp3) is 0.462. The van der Waals surface area contributed by atoms with Gasteiger partial charge in [-0.3, -0.25) is 4.79 Å². The predicted octanol–water partition coefficient (Wildman–Crippen LogP) is 3.45. The Labute approximate surface area is 102 Å². The maximum absolute atomic E-state index is 11.6. The quantitative estimate of drug-likeness (QED) is 0.784. The molecular formula is C13H18ClNO. The summed E-state index contributed by atoms with van der Waals surface area (Å²) in [6.45, 7) is 3.94. The number of carbonyl (C=O) groups is 1. The lowest BCUT2D eigenvalue weighted by Crippen LogP contribution is -2.19. The minimum Gasteiger partial charge on any atom is -0.326 e. The summed E-state index contributed by atoms with van der Waals surface area (Å²) in [4.78, 5) is 11.6. The standard InChI is InChI=1S/C13H18ClNO/c1-3-10(2)13(16)15-12-6-4-11(5-7-12)8-9-14/h4-7,10H,3,8-9H2,1-2H3,(H,15,16). The Balaban J connectivity index is 2.58. The van der Waals surface area contributed by atoms with Crippen molar-refractivity contribution in [3.63, 3.8) is 0 Å². The Morgan fingerprint density at radius 2 is 2.00 bits per heavy atom. The first kappa shape index (κ1) is 13.0. The van der Waals surface area contributed by atoms with Crippen LogP contribution in [-0.4, -0.2) is 11.8 Å². The molecule has 1 rings (SSSR count). The Morgan fingerprint density at radius 3 is 2.50 bits per heavy atom. The summed E-state index contributed by atoms with van der Waals surface area (Å²) in [6, 6.07) is 7.83. The van der Waals surface area contributed by atoms with E-state index < -0.39 is 0 Å². The topological polar surface area (TPSA) is 29.1 Å². The summed E-state index contributed by atoms with van der Waals surface area (Å²) < 4.78 is 0. The molecule has 88 valence electrons. The third-order valence-electron chi connectivity index (χ3n) is 2.66. The molecule has 3 heteroatoms. The van der Waals surface area contributed by atoms with Crippen molar-refractivity contribution in [1.82, 2.24) is 0 Å². The zero-order valence-corrected chi connectivity index (χ0v) is 10.6. The van der Waals surface area contributed by atoms with Crippen LogP contribution in [0.5, 0.6) is 0 Å². The van der Waals surface area contributed by atoms with E-state index in [0.29, 0.717) is 5.88 Å². The Hall–Kier alpha value is -1.02. The van der Waals surface area contributed by atoms with Gasteiger partial charge in [0.25, 0.3) is 0 Å². The van der Waals surface area contributed by atoms with Crippen LogP contribution >= 0.6 is 11.6 Å². The van der Waals surface area contributed by atoms with E-state index in [1.165, 1.54) is 5.56 Å². The Morgan fingerprint density at radius 1 is 1.38 bits per heavy atom. The number of rotatable bonds is 5. The first-order chi connectivity index (χ1) is 7.67. The molecule has 0 saturated heterocycles. The minimum absolute atomic E-state index is 0.0579. The lowest BCUT2D eigenvalue weighted by atomic mass is 10.1. The SMILES string of the molecule is CCC(C)C(=O)Nc1ccc(CCCl)cc1. The van der Waals surface area contributed by atoms with Crippen LogP contribution in [0.25, 0.3) is 0 Å². The first-order valence-electron chi connectivity index (χ1n) is 5.63. The number of halogens is 1. The van der Waals surface area contributed by atoms with Gasteiger partial charge in [-0.1, -0.05) is 26.0 Å². The molecule has 0 saturated carbocycles. The van der Waals surface area contributed by atoms with Crippen molar-refractivity contribution in [2.24, 2.45) is 5.92 Å². The number of hydrogen-bond donors (Lipinski definition) is 1. The molecule has 0 bridgehead atoms. The number of carbonyl (C=O) groups excluding carboxylic acids is 1. The van der Waals surface area contributed by atoms with E-state index in [-0.39, 0.29) is 11.8 Å². The van der Waals surface area contributed by atoms with Gasteiger partial charge in [-0.05, 0) is 30.5 Å². The van der Waals surface area contributed by atoms with Crippen LogP contribution in [0.3, 0.4) is 0 Å². The average molecular weight is 240 g/mol. The van der Waals surface area contributed by atoms with Gasteiger partial charge in [0, 0.05) is 17.5 Å². The lowest BCUT2D eigenvalue weighted by molar-refractivity contribution is -0.119. The molecule has 0 aliphatic heterocycles. The monoisotopic (exact) mass is 239 g/mol. The second-order valence-corrected chi connectivity index (χ2v) is 4.31. The molecule has 1 atom stereocenters. The highest BCUT2D eigenvalue weighted by molar-refractivity contribution is 6.17. The number of alkyl halides is 1. The van der Waals surface area contributed by atoms with E-state index in [9.17, 15) is 4.79 Å². The van der Waals surface area contributed by atoms with Crippen LogP contribution in [-0.2, 0) is 11.2 Å². The highest BCUT2D eigenvalue weighted by atomic mass is 35.5. The van der Waals surface area contributed by atoms with Crippen molar-refractivity contribution < 1.29 is 4.79 Å². The third-order valence-corrected chi connectivity index (χ3v) is 2.85. The molecule has 0 heterocycles. The molecule has 1 amide bonds. The van der Waals surface area contributed by atoms with Crippen molar-refractivity contribution in [2.75, 3.05) is 11.2 Å². The van der Waals surface area contributed by atoms with Gasteiger partial charge in [-0.2, -0.15) is 0 Å². The van der Waals surface area contributed by atoms with Crippen LogP contribution in [0, 0.1) is 5.92 Å². The molecule has 16 heavy (non-hydrogen) atoms. The molecule has 0 aromatic heterocycles. The highest BCUT2D eigenvalue weighted by Crippen LogP contribution is 2.12. The molecule has 2 nitrogen and oxygen atoms in total. The second-order valence-electron chi connectivity index (χ2n) is 3.93. The van der Waals surface area contributed by atoms with Crippen LogP contribution in [0.4, 0.5) is 5.69 Å². The maximum Gasteiger partial charge on any atom is 0.227 e. The molecule has 0 aliphatic rings. The molecule has 0 aliphatic carbocycles. The highest BCUT2D eigenvalue weighted by Gasteiger charge is 2.09. The van der Waals surface area contributed by atoms with Crippen LogP contribution in [0.2, 0.25) is 0 Å². The van der Waals surface area contributed by atoms with Crippen molar-refractivity contribution in [2.45, 2.75) is 26.7 Å². The third kappa shape index (κ3) is 3.86. The fourth-order valence-electron chi connectivity index (χ4n) is 1.31. The molecule has 1 aromatic carbocycles.